The summed E-state index contributed by atoms with van der Waals surface area (Å²) in [7, 11) is 0. The number of rotatable bonds is 5. The Morgan fingerprint density at radius 2 is 1.75 bits per heavy atom. The minimum absolute atomic E-state index is 0.0919. The number of piperazine rings is 1. The van der Waals surface area contributed by atoms with Crippen LogP contribution in [0.5, 0.6) is 0 Å². The van der Waals surface area contributed by atoms with Gasteiger partial charge >= 0.3 is 6.18 Å². The summed E-state index contributed by atoms with van der Waals surface area (Å²) >= 11 is 1.10. The molecule has 0 radical (unpaired) electrons. The lowest BCUT2D eigenvalue weighted by Crippen LogP contribution is -2.49. The van der Waals surface area contributed by atoms with Gasteiger partial charge in [-0.1, -0.05) is 17.8 Å². The zero-order valence-corrected chi connectivity index (χ0v) is 17.5. The molecule has 168 valence electrons. The quantitative estimate of drug-likeness (QED) is 0.412. The average Bonchev–Trinajstić information content (AvgIpc) is 3.27. The van der Waals surface area contributed by atoms with Crippen molar-refractivity contribution in [3.63, 3.8) is 0 Å². The summed E-state index contributed by atoms with van der Waals surface area (Å²) in [5.41, 5.74) is 0.368. The second-order valence-corrected chi connectivity index (χ2v) is 8.01. The number of nitrogens with zero attached hydrogens (tertiary/aromatic N) is 4. The monoisotopic (exact) mass is 466 g/mol. The van der Waals surface area contributed by atoms with Gasteiger partial charge in [-0.15, -0.1) is 10.2 Å². The summed E-state index contributed by atoms with van der Waals surface area (Å²) in [5.74, 6) is -0.175. The summed E-state index contributed by atoms with van der Waals surface area (Å²) in [6, 6.07) is 10.8. The van der Waals surface area contributed by atoms with Gasteiger partial charge in [0, 0.05) is 37.4 Å². The summed E-state index contributed by atoms with van der Waals surface area (Å²) in [6.45, 7) is 1.68. The van der Waals surface area contributed by atoms with Gasteiger partial charge in [-0.2, -0.15) is 13.2 Å². The number of alkyl halides is 3. The van der Waals surface area contributed by atoms with Crippen molar-refractivity contribution in [2.24, 2.45) is 0 Å². The molecular formula is C21H18F4N4O2S. The van der Waals surface area contributed by atoms with Crippen molar-refractivity contribution in [1.82, 2.24) is 15.1 Å². The van der Waals surface area contributed by atoms with E-state index in [1.54, 1.807) is 11.0 Å². The fraction of sp³-hybridized carbons (Fsp3) is 0.286. The Hall–Kier alpha value is -3.08. The molecule has 0 spiro atoms. The van der Waals surface area contributed by atoms with E-state index < -0.39 is 11.7 Å². The zero-order valence-electron chi connectivity index (χ0n) is 16.7. The Balaban J connectivity index is 1.29. The van der Waals surface area contributed by atoms with Gasteiger partial charge in [0.15, 0.2) is 0 Å². The number of halogens is 4. The van der Waals surface area contributed by atoms with Crippen LogP contribution in [0.3, 0.4) is 0 Å². The number of hydrogen-bond donors (Lipinski definition) is 0. The molecule has 0 N–H and O–H groups in total. The van der Waals surface area contributed by atoms with Crippen LogP contribution >= 0.6 is 11.8 Å². The molecule has 4 rings (SSSR count). The molecule has 11 heteroatoms. The van der Waals surface area contributed by atoms with Gasteiger partial charge in [0.1, 0.15) is 5.82 Å². The van der Waals surface area contributed by atoms with Crippen molar-refractivity contribution in [2.75, 3.05) is 36.8 Å². The van der Waals surface area contributed by atoms with Crippen molar-refractivity contribution in [3.05, 3.63) is 59.9 Å². The smallest absolute Gasteiger partial charge is 0.411 e. The third kappa shape index (κ3) is 5.21. The standard InChI is InChI=1S/C21H18F4N4O2S/c22-16-6-4-14(5-7-16)19-26-27-20(31-19)32-13-18(30)29-10-8-28(9-11-29)17-3-1-2-15(12-17)21(23,24)25/h1-7,12H,8-11,13H2. The molecule has 1 amide bonds. The Labute approximate surface area is 185 Å². The molecule has 1 aliphatic rings. The molecule has 32 heavy (non-hydrogen) atoms. The SMILES string of the molecule is O=C(CSc1nnc(-c2ccc(F)cc2)o1)N1CCN(c2cccc(C(F)(F)F)c2)CC1. The number of amides is 1. The summed E-state index contributed by atoms with van der Waals surface area (Å²) in [5, 5.41) is 8.02. The molecule has 0 atom stereocenters. The van der Waals surface area contributed by atoms with Gasteiger partial charge in [0.25, 0.3) is 5.22 Å². The maximum Gasteiger partial charge on any atom is 0.416 e. The molecule has 0 bridgehead atoms. The topological polar surface area (TPSA) is 62.5 Å². The molecule has 1 fully saturated rings. The highest BCUT2D eigenvalue weighted by molar-refractivity contribution is 7.99. The first kappa shape index (κ1) is 22.1. The largest absolute Gasteiger partial charge is 0.416 e. The molecule has 3 aromatic rings. The van der Waals surface area contributed by atoms with Crippen LogP contribution in [-0.4, -0.2) is 52.9 Å². The number of aromatic nitrogens is 2. The number of hydrogen-bond acceptors (Lipinski definition) is 6. The molecule has 0 saturated carbocycles. The summed E-state index contributed by atoms with van der Waals surface area (Å²) < 4.78 is 57.3. The zero-order chi connectivity index (χ0) is 22.7. The number of anilines is 1. The number of carbonyl (C=O) groups is 1. The van der Waals surface area contributed by atoms with Crippen molar-refractivity contribution < 1.29 is 26.8 Å². The third-order valence-electron chi connectivity index (χ3n) is 4.99. The van der Waals surface area contributed by atoms with E-state index in [1.165, 1.54) is 30.3 Å². The number of benzene rings is 2. The predicted octanol–water partition coefficient (Wildman–Crippen LogP) is 4.34. The van der Waals surface area contributed by atoms with Gasteiger partial charge in [0.2, 0.25) is 11.8 Å². The van der Waals surface area contributed by atoms with Crippen LogP contribution in [0, 0.1) is 5.82 Å². The van der Waals surface area contributed by atoms with Crippen LogP contribution in [0.2, 0.25) is 0 Å². The van der Waals surface area contributed by atoms with E-state index in [9.17, 15) is 22.4 Å². The van der Waals surface area contributed by atoms with Crippen molar-refractivity contribution in [2.45, 2.75) is 11.4 Å². The summed E-state index contributed by atoms with van der Waals surface area (Å²) in [4.78, 5) is 16.0. The van der Waals surface area contributed by atoms with Crippen molar-refractivity contribution in [3.8, 4) is 11.5 Å². The molecule has 2 aromatic carbocycles. The minimum Gasteiger partial charge on any atom is -0.411 e. The van der Waals surface area contributed by atoms with E-state index in [1.807, 2.05) is 4.90 Å². The first-order valence-corrected chi connectivity index (χ1v) is 10.7. The highest BCUT2D eigenvalue weighted by atomic mass is 32.2. The minimum atomic E-state index is -4.39. The molecule has 1 aliphatic heterocycles. The van der Waals surface area contributed by atoms with Crippen LogP contribution < -0.4 is 4.90 Å². The van der Waals surface area contributed by atoms with Gasteiger partial charge in [0.05, 0.1) is 11.3 Å². The highest BCUT2D eigenvalue weighted by Crippen LogP contribution is 2.32. The second kappa shape index (κ2) is 9.19. The Morgan fingerprint density at radius 1 is 1.03 bits per heavy atom. The first-order chi connectivity index (χ1) is 15.3. The van der Waals surface area contributed by atoms with Crippen LogP contribution in [0.4, 0.5) is 23.2 Å². The van der Waals surface area contributed by atoms with E-state index in [-0.39, 0.29) is 28.6 Å². The Kier molecular flexibility index (Phi) is 6.35. The molecule has 6 nitrogen and oxygen atoms in total. The van der Waals surface area contributed by atoms with Crippen molar-refractivity contribution in [1.29, 1.82) is 0 Å². The van der Waals surface area contributed by atoms with Crippen molar-refractivity contribution >= 4 is 23.4 Å². The highest BCUT2D eigenvalue weighted by Gasteiger charge is 2.31. The van der Waals surface area contributed by atoms with E-state index in [0.717, 1.165) is 23.9 Å². The predicted molar refractivity (Wildman–Crippen MR) is 111 cm³/mol. The molecule has 0 aliphatic carbocycles. The third-order valence-corrected chi connectivity index (χ3v) is 5.79. The van der Waals surface area contributed by atoms with Crippen LogP contribution in [0.15, 0.2) is 58.2 Å². The molecule has 0 unspecified atom stereocenters. The first-order valence-electron chi connectivity index (χ1n) is 9.72. The number of carbonyl (C=O) groups excluding carboxylic acids is 1. The molecule has 1 aromatic heterocycles. The Bertz CT molecular complexity index is 1080. The lowest BCUT2D eigenvalue weighted by Gasteiger charge is -2.36. The average molecular weight is 466 g/mol. The second-order valence-electron chi connectivity index (χ2n) is 7.08. The maximum atomic E-state index is 13.0. The fourth-order valence-electron chi connectivity index (χ4n) is 3.28. The lowest BCUT2D eigenvalue weighted by atomic mass is 10.1. The Morgan fingerprint density at radius 3 is 2.44 bits per heavy atom. The number of thioether (sulfide) groups is 1. The summed E-state index contributed by atoms with van der Waals surface area (Å²) in [6.07, 6.45) is -4.39. The van der Waals surface area contributed by atoms with Crippen LogP contribution in [0.25, 0.3) is 11.5 Å². The fourth-order valence-corrected chi connectivity index (χ4v) is 3.95. The van der Waals surface area contributed by atoms with Crippen LogP contribution in [0.1, 0.15) is 5.56 Å². The molecule has 2 heterocycles. The van der Waals surface area contributed by atoms with E-state index in [0.29, 0.717) is 37.4 Å². The van der Waals surface area contributed by atoms with Gasteiger partial charge in [-0.3, -0.25) is 4.79 Å². The molecular weight excluding hydrogens is 448 g/mol. The lowest BCUT2D eigenvalue weighted by molar-refractivity contribution is -0.137. The van der Waals surface area contributed by atoms with Gasteiger partial charge in [-0.05, 0) is 42.5 Å². The maximum absolute atomic E-state index is 13.0. The van der Waals surface area contributed by atoms with E-state index in [4.69, 9.17) is 4.42 Å². The van der Waals surface area contributed by atoms with E-state index in [2.05, 4.69) is 10.2 Å². The van der Waals surface area contributed by atoms with Gasteiger partial charge in [-0.25, -0.2) is 4.39 Å². The van der Waals surface area contributed by atoms with Crippen LogP contribution in [-0.2, 0) is 11.0 Å². The van der Waals surface area contributed by atoms with Gasteiger partial charge < -0.3 is 14.2 Å². The normalized spacial score (nSPS) is 14.6. The molecule has 1 saturated heterocycles. The van der Waals surface area contributed by atoms with E-state index >= 15 is 0 Å².